The van der Waals surface area contributed by atoms with Crippen molar-refractivity contribution >= 4 is 19.2 Å². The van der Waals surface area contributed by atoms with Crippen LogP contribution in [0.15, 0.2) is 91.0 Å². The lowest BCUT2D eigenvalue weighted by molar-refractivity contribution is -0.154. The van der Waals surface area contributed by atoms with Crippen LogP contribution in [-0.4, -0.2) is 35.4 Å². The Hall–Kier alpha value is -3.21. The highest BCUT2D eigenvalue weighted by Crippen LogP contribution is 2.49. The van der Waals surface area contributed by atoms with Crippen molar-refractivity contribution in [1.29, 1.82) is 0 Å². The first-order valence-corrected chi connectivity index (χ1v) is 14.5. The van der Waals surface area contributed by atoms with Gasteiger partial charge in [-0.3, -0.25) is 9.88 Å². The summed E-state index contributed by atoms with van der Waals surface area (Å²) in [6.07, 6.45) is 1.97. The normalized spacial score (nSPS) is 16.5. The van der Waals surface area contributed by atoms with E-state index in [9.17, 15) is 14.2 Å². The third-order valence-corrected chi connectivity index (χ3v) is 9.00. The van der Waals surface area contributed by atoms with Crippen LogP contribution >= 0.6 is 7.29 Å². The van der Waals surface area contributed by atoms with Gasteiger partial charge in [0.1, 0.15) is 12.6 Å². The molecular weight excluding hydrogens is 471 g/mol. The van der Waals surface area contributed by atoms with Crippen molar-refractivity contribution < 1.29 is 18.9 Å². The molecule has 36 heavy (non-hydrogen) atoms. The first kappa shape index (κ1) is 25.9. The van der Waals surface area contributed by atoms with Crippen molar-refractivity contribution in [2.45, 2.75) is 50.8 Å². The molecule has 1 heterocycles. The molecule has 3 aromatic rings. The zero-order valence-electron chi connectivity index (χ0n) is 20.6. The number of rotatable bonds is 10. The van der Waals surface area contributed by atoms with Crippen molar-refractivity contribution in [2.75, 3.05) is 6.54 Å². The number of likely N-dealkylation sites (tertiary alicyclic amines) is 1. The summed E-state index contributed by atoms with van der Waals surface area (Å²) in [5.74, 6) is -0.621. The molecule has 2 atom stereocenters. The largest absolute Gasteiger partial charge is 0.459 e. The maximum Gasteiger partial charge on any atom is 0.329 e. The van der Waals surface area contributed by atoms with E-state index in [0.717, 1.165) is 23.1 Å². The molecule has 188 valence electrons. The van der Waals surface area contributed by atoms with Gasteiger partial charge in [0.15, 0.2) is 7.29 Å². The van der Waals surface area contributed by atoms with Crippen LogP contribution in [-0.2, 0) is 37.8 Å². The highest BCUT2D eigenvalue weighted by atomic mass is 31.2. The molecule has 3 aromatic carbocycles. The van der Waals surface area contributed by atoms with Gasteiger partial charge in [-0.15, -0.1) is 0 Å². The molecule has 0 radical (unpaired) electrons. The van der Waals surface area contributed by atoms with Crippen LogP contribution in [0.4, 0.5) is 0 Å². The van der Waals surface area contributed by atoms with Crippen LogP contribution < -0.4 is 5.09 Å². The number of esters is 1. The smallest absolute Gasteiger partial charge is 0.329 e. The minimum atomic E-state index is -3.02. The van der Waals surface area contributed by atoms with E-state index in [1.165, 1.54) is 0 Å². The summed E-state index contributed by atoms with van der Waals surface area (Å²) >= 11 is 0. The van der Waals surface area contributed by atoms with Gasteiger partial charge in [-0.2, -0.15) is 0 Å². The van der Waals surface area contributed by atoms with Gasteiger partial charge in [0.05, 0.1) is 6.04 Å². The summed E-state index contributed by atoms with van der Waals surface area (Å²) < 4.78 is 19.7. The van der Waals surface area contributed by atoms with E-state index in [1.54, 1.807) is 11.8 Å². The Bertz CT molecular complexity index is 1140. The maximum atomic E-state index is 14.2. The fraction of sp³-hybridized carbons (Fsp3) is 0.310. The maximum absolute atomic E-state index is 14.2. The molecule has 0 bridgehead atoms. The molecule has 0 unspecified atom stereocenters. The predicted octanol–water partition coefficient (Wildman–Crippen LogP) is 5.38. The molecule has 0 aromatic heterocycles. The molecule has 0 aliphatic carbocycles. The van der Waals surface area contributed by atoms with Gasteiger partial charge in [-0.25, -0.2) is 4.79 Å². The molecule has 1 N–H and O–H groups in total. The quantitative estimate of drug-likeness (QED) is 0.297. The van der Waals surface area contributed by atoms with Gasteiger partial charge in [-0.05, 0) is 36.5 Å². The standard InChI is InChI=1S/C29H33N2O4P/c1-23(28(32)31-19-11-18-27(31)29(33)35-20-24-12-5-2-6-13-24)30-36(34,21-25-14-7-3-8-15-25)22-26-16-9-4-10-17-26/h2-10,12-17,23,27H,11,18-22H2,1H3,(H,30,34)/t23-,27-/m0/s1. The molecule has 1 fully saturated rings. The number of nitrogens with one attached hydrogen (secondary N) is 1. The minimum Gasteiger partial charge on any atom is -0.459 e. The highest BCUT2D eigenvalue weighted by Gasteiger charge is 2.38. The van der Waals surface area contributed by atoms with E-state index in [0.29, 0.717) is 25.3 Å². The second kappa shape index (κ2) is 12.2. The average molecular weight is 505 g/mol. The third kappa shape index (κ3) is 6.93. The van der Waals surface area contributed by atoms with Crippen LogP contribution in [0.3, 0.4) is 0 Å². The van der Waals surface area contributed by atoms with Gasteiger partial charge >= 0.3 is 5.97 Å². The summed E-state index contributed by atoms with van der Waals surface area (Å²) in [7, 11) is -3.02. The van der Waals surface area contributed by atoms with Crippen molar-refractivity contribution in [1.82, 2.24) is 9.99 Å². The summed E-state index contributed by atoms with van der Waals surface area (Å²) in [6.45, 7) is 2.39. The molecule has 1 saturated heterocycles. The van der Waals surface area contributed by atoms with E-state index in [1.807, 2.05) is 91.0 Å². The summed E-state index contributed by atoms with van der Waals surface area (Å²) in [5.41, 5.74) is 2.81. The number of carbonyl (C=O) groups excluding carboxylic acids is 2. The molecule has 1 aliphatic heterocycles. The number of benzene rings is 3. The summed E-state index contributed by atoms with van der Waals surface area (Å²) in [5, 5.41) is 3.20. The highest BCUT2D eigenvalue weighted by molar-refractivity contribution is 7.60. The average Bonchev–Trinajstić information content (AvgIpc) is 3.38. The van der Waals surface area contributed by atoms with Crippen molar-refractivity contribution in [3.8, 4) is 0 Å². The number of carbonyl (C=O) groups is 2. The van der Waals surface area contributed by atoms with E-state index < -0.39 is 25.3 Å². The molecular formula is C29H33N2O4P. The van der Waals surface area contributed by atoms with Crippen LogP contribution in [0.25, 0.3) is 0 Å². The first-order chi connectivity index (χ1) is 17.4. The van der Waals surface area contributed by atoms with Gasteiger partial charge in [0.25, 0.3) is 0 Å². The number of hydrogen-bond acceptors (Lipinski definition) is 4. The first-order valence-electron chi connectivity index (χ1n) is 12.4. The van der Waals surface area contributed by atoms with Crippen LogP contribution in [0.5, 0.6) is 0 Å². The van der Waals surface area contributed by atoms with Crippen LogP contribution in [0.1, 0.15) is 36.5 Å². The predicted molar refractivity (Wildman–Crippen MR) is 141 cm³/mol. The van der Waals surface area contributed by atoms with Gasteiger partial charge in [0.2, 0.25) is 5.91 Å². The van der Waals surface area contributed by atoms with Gasteiger partial charge in [0, 0.05) is 18.9 Å². The minimum absolute atomic E-state index is 0.176. The molecule has 4 rings (SSSR count). The lowest BCUT2D eigenvalue weighted by atomic mass is 10.2. The number of amides is 1. The summed E-state index contributed by atoms with van der Waals surface area (Å²) in [4.78, 5) is 27.9. The number of nitrogens with zero attached hydrogens (tertiary/aromatic N) is 1. The molecule has 1 amide bonds. The molecule has 0 spiro atoms. The third-order valence-electron chi connectivity index (χ3n) is 6.39. The van der Waals surface area contributed by atoms with Gasteiger partial charge < -0.3 is 14.2 Å². The Balaban J connectivity index is 1.44. The second-order valence-electron chi connectivity index (χ2n) is 9.31. The monoisotopic (exact) mass is 504 g/mol. The fourth-order valence-corrected chi connectivity index (χ4v) is 7.37. The van der Waals surface area contributed by atoms with Gasteiger partial charge in [-0.1, -0.05) is 91.0 Å². The molecule has 0 saturated carbocycles. The SMILES string of the molecule is C[C@H](NP(=O)(Cc1ccccc1)Cc1ccccc1)C(=O)N1CCC[C@H]1C(=O)OCc1ccccc1. The Morgan fingerprint density at radius 3 is 1.92 bits per heavy atom. The fourth-order valence-electron chi connectivity index (χ4n) is 4.66. The second-order valence-corrected chi connectivity index (χ2v) is 12.0. The molecule has 1 aliphatic rings. The Kier molecular flexibility index (Phi) is 8.74. The van der Waals surface area contributed by atoms with E-state index in [-0.39, 0.29) is 12.5 Å². The lowest BCUT2D eigenvalue weighted by Gasteiger charge is -2.29. The Labute approximate surface area is 213 Å². The van der Waals surface area contributed by atoms with E-state index >= 15 is 0 Å². The topological polar surface area (TPSA) is 75.7 Å². The lowest BCUT2D eigenvalue weighted by Crippen LogP contribution is -2.48. The van der Waals surface area contributed by atoms with E-state index in [2.05, 4.69) is 5.09 Å². The van der Waals surface area contributed by atoms with Crippen molar-refractivity contribution in [3.63, 3.8) is 0 Å². The van der Waals surface area contributed by atoms with Crippen molar-refractivity contribution in [3.05, 3.63) is 108 Å². The van der Waals surface area contributed by atoms with Crippen LogP contribution in [0, 0.1) is 0 Å². The molecule has 7 heteroatoms. The Morgan fingerprint density at radius 2 is 1.39 bits per heavy atom. The Morgan fingerprint density at radius 1 is 0.889 bits per heavy atom. The zero-order valence-corrected chi connectivity index (χ0v) is 21.5. The number of ether oxygens (including phenoxy) is 1. The molecule has 6 nitrogen and oxygen atoms in total. The van der Waals surface area contributed by atoms with Crippen molar-refractivity contribution in [2.24, 2.45) is 0 Å². The summed E-state index contributed by atoms with van der Waals surface area (Å²) in [6, 6.07) is 27.5. The van der Waals surface area contributed by atoms with E-state index in [4.69, 9.17) is 4.74 Å². The number of hydrogen-bond donors (Lipinski definition) is 1. The zero-order chi connectivity index (χ0) is 25.4. The van der Waals surface area contributed by atoms with Crippen LogP contribution in [0.2, 0.25) is 0 Å².